The maximum absolute atomic E-state index is 17.6. The Bertz CT molecular complexity index is 2170. The molecule has 1 aliphatic carbocycles. The van der Waals surface area contributed by atoms with E-state index < -0.39 is 11.6 Å². The number of fused-ring (bicyclic) bond motifs is 5. The van der Waals surface area contributed by atoms with Gasteiger partial charge < -0.3 is 24.6 Å². The minimum atomic E-state index is -0.484. The van der Waals surface area contributed by atoms with Crippen molar-refractivity contribution < 1.29 is 13.6 Å². The zero-order chi connectivity index (χ0) is 34.1. The van der Waals surface area contributed by atoms with Gasteiger partial charge in [0.15, 0.2) is 11.6 Å². The van der Waals surface area contributed by atoms with Gasteiger partial charge in [0.2, 0.25) is 5.91 Å². The number of halogens is 2. The number of amides is 1. The van der Waals surface area contributed by atoms with Gasteiger partial charge in [-0.3, -0.25) is 4.79 Å². The van der Waals surface area contributed by atoms with E-state index in [-0.39, 0.29) is 29.9 Å². The molecule has 1 amide bonds. The number of aromatic nitrogens is 3. The minimum absolute atomic E-state index is 0.0223. The highest BCUT2D eigenvalue weighted by molar-refractivity contribution is 6.10. The molecule has 5 aromatic rings. The Balaban J connectivity index is 1.43. The lowest BCUT2D eigenvalue weighted by atomic mass is 9.79. The number of carbonyl (C=O) groups is 1. The molecule has 2 aromatic heterocycles. The van der Waals surface area contributed by atoms with Gasteiger partial charge in [-0.1, -0.05) is 24.3 Å². The van der Waals surface area contributed by atoms with Crippen LogP contribution in [0.15, 0.2) is 42.5 Å². The van der Waals surface area contributed by atoms with Gasteiger partial charge in [-0.15, -0.1) is 0 Å². The van der Waals surface area contributed by atoms with Crippen LogP contribution >= 0.6 is 0 Å². The molecule has 3 aromatic carbocycles. The summed E-state index contributed by atoms with van der Waals surface area (Å²) in [6.07, 6.45) is 2.34. The van der Waals surface area contributed by atoms with Crippen LogP contribution in [0.25, 0.3) is 43.8 Å². The summed E-state index contributed by atoms with van der Waals surface area (Å²) in [4.78, 5) is 29.1. The smallest absolute Gasteiger partial charge is 0.222 e. The van der Waals surface area contributed by atoms with Crippen molar-refractivity contribution in [3.05, 3.63) is 65.5 Å². The Hall–Kier alpha value is -4.66. The highest BCUT2D eigenvalue weighted by Crippen LogP contribution is 2.49. The summed E-state index contributed by atoms with van der Waals surface area (Å²) in [5, 5.41) is 15.3. The van der Waals surface area contributed by atoms with E-state index in [4.69, 9.17) is 9.97 Å². The predicted octanol–water partition coefficient (Wildman–Crippen LogP) is 5.44. The SMILES string of the molecule is CN(C)C(=O)CCc1nc2c(N3CC(N(C)C)C3)nc3c(F)c(-c4cccc5ccc(F)cc45)c(CCC#N)cc3c2n1C1C2CNC1C2. The average Bonchev–Trinajstić information content (AvgIpc) is 3.78. The molecule has 9 rings (SSSR count). The highest BCUT2D eigenvalue weighted by atomic mass is 19.1. The van der Waals surface area contributed by atoms with Crippen molar-refractivity contribution in [2.45, 2.75) is 50.2 Å². The molecule has 0 spiro atoms. The number of pyridine rings is 1. The third-order valence-corrected chi connectivity index (χ3v) is 11.0. The van der Waals surface area contributed by atoms with Crippen LogP contribution in [0.3, 0.4) is 0 Å². The second kappa shape index (κ2) is 12.0. The molecule has 5 heterocycles. The fourth-order valence-electron chi connectivity index (χ4n) is 8.13. The van der Waals surface area contributed by atoms with E-state index in [1.165, 1.54) is 12.1 Å². The van der Waals surface area contributed by atoms with Crippen molar-refractivity contribution in [1.82, 2.24) is 29.7 Å². The largest absolute Gasteiger partial charge is 0.351 e. The number of aryl methyl sites for hydroxylation is 2. The number of carbonyl (C=O) groups excluding carboxylic acids is 1. The number of hydrogen-bond donors (Lipinski definition) is 1. The normalized spacial score (nSPS) is 20.3. The Morgan fingerprint density at radius 1 is 1.04 bits per heavy atom. The van der Waals surface area contributed by atoms with Crippen LogP contribution in [0.1, 0.15) is 36.7 Å². The van der Waals surface area contributed by atoms with E-state index in [0.29, 0.717) is 70.0 Å². The molecule has 1 N–H and O–H groups in total. The number of rotatable bonds is 9. The lowest BCUT2D eigenvalue weighted by Crippen LogP contribution is -2.57. The number of imidazole rings is 1. The van der Waals surface area contributed by atoms with Crippen molar-refractivity contribution in [3.63, 3.8) is 0 Å². The fraction of sp³-hybridized carbons (Fsp3) is 0.421. The molecule has 0 radical (unpaired) electrons. The maximum atomic E-state index is 17.6. The summed E-state index contributed by atoms with van der Waals surface area (Å²) in [5.41, 5.74) is 3.37. The van der Waals surface area contributed by atoms with Crippen LogP contribution in [0.2, 0.25) is 0 Å². The number of nitrogens with zero attached hydrogens (tertiary/aromatic N) is 7. The third-order valence-electron chi connectivity index (χ3n) is 11.0. The molecule has 1 saturated carbocycles. The van der Waals surface area contributed by atoms with E-state index in [1.807, 2.05) is 24.3 Å². The quantitative estimate of drug-likeness (QED) is 0.225. The predicted molar refractivity (Wildman–Crippen MR) is 187 cm³/mol. The van der Waals surface area contributed by atoms with Crippen LogP contribution in [0.4, 0.5) is 14.6 Å². The van der Waals surface area contributed by atoms with Crippen LogP contribution in [0, 0.1) is 28.9 Å². The number of nitrogens with one attached hydrogen (secondary N) is 1. The molecular weight excluding hydrogens is 622 g/mol. The minimum Gasteiger partial charge on any atom is -0.351 e. The first-order chi connectivity index (χ1) is 23.6. The molecule has 49 heavy (non-hydrogen) atoms. The first-order valence-corrected chi connectivity index (χ1v) is 17.1. The van der Waals surface area contributed by atoms with Crippen LogP contribution in [-0.2, 0) is 17.6 Å². The first kappa shape index (κ1) is 31.6. The number of hydrogen-bond acceptors (Lipinski definition) is 7. The number of likely N-dealkylation sites (N-methyl/N-ethyl adjacent to an activating group) is 1. The van der Waals surface area contributed by atoms with Gasteiger partial charge in [0.1, 0.15) is 22.7 Å². The van der Waals surface area contributed by atoms with Crippen LogP contribution in [0.5, 0.6) is 0 Å². The number of benzene rings is 3. The van der Waals surface area contributed by atoms with E-state index in [9.17, 15) is 14.4 Å². The van der Waals surface area contributed by atoms with Gasteiger partial charge in [-0.2, -0.15) is 5.26 Å². The highest BCUT2D eigenvalue weighted by Gasteiger charge is 2.49. The molecule has 11 heteroatoms. The van der Waals surface area contributed by atoms with Gasteiger partial charge in [-0.25, -0.2) is 18.7 Å². The topological polar surface area (TPSA) is 93.3 Å². The summed E-state index contributed by atoms with van der Waals surface area (Å²) in [7, 11) is 7.63. The summed E-state index contributed by atoms with van der Waals surface area (Å²) >= 11 is 0. The standard InChI is InChI=1S/C38H40F2N8O/c1-45(2)25-19-47(20-25)38-35-37(48(36-23-16-29(36)42-18-23)30(43-35)12-13-31(49)46(3)4)28-15-22(8-6-14-41)32(33(40)34(28)44-38)26-9-5-7-21-10-11-24(39)17-27(21)26/h5,7,9-11,15,17,23,25,29,36,42H,6,8,12-13,16,18-20H2,1-4H3. The van der Waals surface area contributed by atoms with E-state index >= 15 is 4.39 Å². The molecule has 3 aliphatic heterocycles. The molecular formula is C38H40F2N8O. The van der Waals surface area contributed by atoms with Gasteiger partial charge in [0.05, 0.1) is 17.6 Å². The molecule has 2 bridgehead atoms. The zero-order valence-corrected chi connectivity index (χ0v) is 28.3. The second-order valence-corrected chi connectivity index (χ2v) is 14.3. The lowest BCUT2D eigenvalue weighted by molar-refractivity contribution is -0.128. The van der Waals surface area contributed by atoms with E-state index in [0.717, 1.165) is 42.8 Å². The summed E-state index contributed by atoms with van der Waals surface area (Å²) in [6, 6.07) is 15.1. The monoisotopic (exact) mass is 662 g/mol. The first-order valence-electron chi connectivity index (χ1n) is 17.1. The summed E-state index contributed by atoms with van der Waals surface area (Å²) in [6.45, 7) is 2.37. The molecule has 4 aliphatic rings. The zero-order valence-electron chi connectivity index (χ0n) is 28.3. The number of nitriles is 1. The third kappa shape index (κ3) is 5.11. The van der Waals surface area contributed by atoms with E-state index in [1.54, 1.807) is 25.1 Å². The second-order valence-electron chi connectivity index (χ2n) is 14.3. The molecule has 3 saturated heterocycles. The van der Waals surface area contributed by atoms with E-state index in [2.05, 4.69) is 39.8 Å². The summed E-state index contributed by atoms with van der Waals surface area (Å²) in [5.74, 6) is 0.991. The Morgan fingerprint density at radius 2 is 1.86 bits per heavy atom. The molecule has 252 valence electrons. The Kier molecular flexibility index (Phi) is 7.76. The fourth-order valence-corrected chi connectivity index (χ4v) is 8.13. The molecule has 3 atom stereocenters. The molecule has 3 unspecified atom stereocenters. The Morgan fingerprint density at radius 3 is 2.55 bits per heavy atom. The van der Waals surface area contributed by atoms with Gasteiger partial charge in [0, 0.05) is 76.0 Å². The van der Waals surface area contributed by atoms with Gasteiger partial charge >= 0.3 is 0 Å². The maximum Gasteiger partial charge on any atom is 0.222 e. The molecule has 4 fully saturated rings. The molecule has 9 nitrogen and oxygen atoms in total. The van der Waals surface area contributed by atoms with Crippen molar-refractivity contribution >= 4 is 44.4 Å². The van der Waals surface area contributed by atoms with Crippen molar-refractivity contribution in [1.29, 1.82) is 5.26 Å². The van der Waals surface area contributed by atoms with Gasteiger partial charge in [-0.05, 0) is 73.0 Å². The van der Waals surface area contributed by atoms with Crippen LogP contribution < -0.4 is 10.2 Å². The number of anilines is 1. The van der Waals surface area contributed by atoms with Crippen molar-refractivity contribution in [2.75, 3.05) is 52.7 Å². The van der Waals surface area contributed by atoms with Crippen LogP contribution in [-0.4, -0.2) is 90.2 Å². The van der Waals surface area contributed by atoms with Crippen molar-refractivity contribution in [3.8, 4) is 17.2 Å². The van der Waals surface area contributed by atoms with Gasteiger partial charge in [0.25, 0.3) is 0 Å². The van der Waals surface area contributed by atoms with Crippen molar-refractivity contribution in [2.24, 2.45) is 5.92 Å². The average molecular weight is 663 g/mol. The Labute approximate surface area is 284 Å². The lowest BCUT2D eigenvalue weighted by Gasteiger charge is -2.43. The summed E-state index contributed by atoms with van der Waals surface area (Å²) < 4.78 is 34.5.